The third-order valence-electron chi connectivity index (χ3n) is 6.73. The minimum atomic E-state index is -1.84. The minimum absolute atomic E-state index is 0.0826. The number of aliphatic carboxylic acids is 1. The number of carbonyl (C=O) groups is 5. The molecule has 3 amide bonds. The number of nitrogens with one attached hydrogen (secondary N) is 2. The van der Waals surface area contributed by atoms with Crippen molar-refractivity contribution >= 4 is 63.5 Å². The van der Waals surface area contributed by atoms with E-state index in [0.29, 0.717) is 17.5 Å². The second-order valence-corrected chi connectivity index (χ2v) is 11.9. The number of carboxylic acids is 1. The molecule has 2 aromatic carbocycles. The molecular formula is C30H23N5O9S2. The van der Waals surface area contributed by atoms with Crippen molar-refractivity contribution in [1.29, 1.82) is 0 Å². The number of carbonyl (C=O) groups excluding carboxylic acids is 4. The third-order valence-corrected chi connectivity index (χ3v) is 9.09. The molecule has 1 saturated heterocycles. The van der Waals surface area contributed by atoms with Crippen LogP contribution in [0.2, 0.25) is 0 Å². The van der Waals surface area contributed by atoms with Crippen molar-refractivity contribution in [2.75, 3.05) is 17.7 Å². The van der Waals surface area contributed by atoms with Gasteiger partial charge in [0.15, 0.2) is 28.7 Å². The van der Waals surface area contributed by atoms with Crippen LogP contribution in [-0.2, 0) is 44.7 Å². The molecule has 3 atom stereocenters. The first-order valence-corrected chi connectivity index (χ1v) is 15.6. The van der Waals surface area contributed by atoms with Crippen LogP contribution in [0.5, 0.6) is 0 Å². The molecule has 5 rings (SSSR count). The number of esters is 1. The van der Waals surface area contributed by atoms with Crippen molar-refractivity contribution in [2.45, 2.75) is 17.5 Å². The summed E-state index contributed by atoms with van der Waals surface area (Å²) in [7, 11) is 0. The van der Waals surface area contributed by atoms with E-state index in [4.69, 9.17) is 16.0 Å². The number of terminal acetylenes is 1. The number of oxime groups is 1. The van der Waals surface area contributed by atoms with Crippen LogP contribution in [0.1, 0.15) is 22.9 Å². The normalized spacial score (nSPS) is 19.0. The van der Waals surface area contributed by atoms with Crippen molar-refractivity contribution in [3.63, 3.8) is 0 Å². The lowest BCUT2D eigenvalue weighted by Crippen LogP contribution is -2.75. The monoisotopic (exact) mass is 661 g/mol. The highest BCUT2D eigenvalue weighted by Crippen LogP contribution is 2.36. The highest BCUT2D eigenvalue weighted by molar-refractivity contribution is 7.92. The number of fused-ring (bicyclic) bond motifs is 1. The highest BCUT2D eigenvalue weighted by atomic mass is 32.2. The maximum absolute atomic E-state index is 13.4. The predicted molar refractivity (Wildman–Crippen MR) is 164 cm³/mol. The van der Waals surface area contributed by atoms with Crippen LogP contribution in [-0.4, -0.2) is 79.2 Å². The molecule has 0 spiro atoms. The summed E-state index contributed by atoms with van der Waals surface area (Å²) in [6.45, 7) is -0.721. The molecule has 0 bridgehead atoms. The summed E-state index contributed by atoms with van der Waals surface area (Å²) in [6.07, 6.45) is 4.97. The van der Waals surface area contributed by atoms with Crippen LogP contribution in [0.25, 0.3) is 0 Å². The van der Waals surface area contributed by atoms with Crippen LogP contribution < -0.4 is 10.6 Å². The molecule has 3 aromatic rings. The molecule has 1 aromatic heterocycles. The molecule has 46 heavy (non-hydrogen) atoms. The predicted octanol–water partition coefficient (Wildman–Crippen LogP) is 1.15. The second-order valence-electron chi connectivity index (χ2n) is 9.56. The first-order chi connectivity index (χ1) is 22.2. The molecule has 0 saturated carbocycles. The second kappa shape index (κ2) is 14.1. The van der Waals surface area contributed by atoms with Gasteiger partial charge in [-0.15, -0.1) is 17.8 Å². The van der Waals surface area contributed by atoms with Gasteiger partial charge in [-0.25, -0.2) is 14.6 Å². The average Bonchev–Trinajstić information content (AvgIpc) is 3.52. The smallest absolute Gasteiger partial charge is 0.353 e. The molecule has 2 unspecified atom stereocenters. The van der Waals surface area contributed by atoms with Gasteiger partial charge in [-0.2, -0.15) is 0 Å². The number of nitrogens with zero attached hydrogens (tertiary/aromatic N) is 3. The fourth-order valence-electron chi connectivity index (χ4n) is 4.70. The van der Waals surface area contributed by atoms with Crippen molar-refractivity contribution < 1.29 is 43.2 Å². The van der Waals surface area contributed by atoms with Gasteiger partial charge in [0.1, 0.15) is 11.4 Å². The largest absolute Gasteiger partial charge is 0.614 e. The minimum Gasteiger partial charge on any atom is -0.614 e. The Labute approximate surface area is 268 Å². The maximum Gasteiger partial charge on any atom is 0.353 e. The molecule has 3 heterocycles. The fraction of sp³-hybridized carbons (Fsp3) is 0.167. The van der Waals surface area contributed by atoms with E-state index in [1.807, 2.05) is 12.1 Å². The Morgan fingerprint density at radius 3 is 2.43 bits per heavy atom. The summed E-state index contributed by atoms with van der Waals surface area (Å²) in [5.41, 5.74) is 0.252. The zero-order valence-corrected chi connectivity index (χ0v) is 25.2. The van der Waals surface area contributed by atoms with Gasteiger partial charge < -0.3 is 29.9 Å². The van der Waals surface area contributed by atoms with Gasteiger partial charge in [0.05, 0.1) is 5.57 Å². The molecule has 0 radical (unpaired) electrons. The summed E-state index contributed by atoms with van der Waals surface area (Å²) >= 11 is -0.884. The van der Waals surface area contributed by atoms with Gasteiger partial charge in [-0.3, -0.25) is 19.3 Å². The SMILES string of the molecule is C#CC1=C(C(=O)O)N2C(=O)C(NC(=O)/C(=N/OCC(=O)OC(c3ccccc3)c3ccccc3)c3csc(NC=O)n3)[C@H]2[S+]([O-])C1. The van der Waals surface area contributed by atoms with E-state index in [1.54, 1.807) is 48.5 Å². The van der Waals surface area contributed by atoms with Crippen molar-refractivity contribution in [1.82, 2.24) is 15.2 Å². The lowest BCUT2D eigenvalue weighted by atomic mass is 10.0. The molecule has 14 nitrogen and oxygen atoms in total. The average molecular weight is 662 g/mol. The van der Waals surface area contributed by atoms with Crippen molar-refractivity contribution in [3.05, 3.63) is 94.1 Å². The van der Waals surface area contributed by atoms with E-state index in [0.717, 1.165) is 16.2 Å². The number of carboxylic acid groups (broad SMARTS) is 1. The first-order valence-electron chi connectivity index (χ1n) is 13.3. The summed E-state index contributed by atoms with van der Waals surface area (Å²) in [4.78, 5) is 72.0. The molecule has 3 N–H and O–H groups in total. The van der Waals surface area contributed by atoms with E-state index in [9.17, 15) is 33.6 Å². The van der Waals surface area contributed by atoms with Gasteiger partial charge in [-0.1, -0.05) is 71.7 Å². The Balaban J connectivity index is 1.33. The number of ether oxygens (including phenoxy) is 1. The van der Waals surface area contributed by atoms with E-state index in [2.05, 4.69) is 26.7 Å². The van der Waals surface area contributed by atoms with Crippen molar-refractivity contribution in [2.24, 2.45) is 5.16 Å². The molecule has 0 aliphatic carbocycles. The molecule has 16 heteroatoms. The molecule has 2 aliphatic rings. The number of hydrogen-bond donors (Lipinski definition) is 3. The van der Waals surface area contributed by atoms with Crippen LogP contribution >= 0.6 is 11.3 Å². The van der Waals surface area contributed by atoms with Crippen LogP contribution in [0.3, 0.4) is 0 Å². The van der Waals surface area contributed by atoms with E-state index < -0.39 is 70.5 Å². The van der Waals surface area contributed by atoms with Crippen LogP contribution in [0, 0.1) is 12.3 Å². The molecule has 1 fully saturated rings. The van der Waals surface area contributed by atoms with E-state index in [1.165, 1.54) is 5.38 Å². The van der Waals surface area contributed by atoms with Gasteiger partial charge in [0, 0.05) is 5.38 Å². The number of thiazole rings is 1. The Bertz CT molecular complexity index is 1730. The Kier molecular flexibility index (Phi) is 9.76. The Morgan fingerprint density at radius 1 is 1.20 bits per heavy atom. The van der Waals surface area contributed by atoms with Crippen LogP contribution in [0.4, 0.5) is 5.13 Å². The summed E-state index contributed by atoms with van der Waals surface area (Å²) in [5.74, 6) is -2.30. The summed E-state index contributed by atoms with van der Waals surface area (Å²) < 4.78 is 18.6. The molecule has 234 valence electrons. The standard InChI is InChI=1S/C30H23N5O9S2/c1-2-17-15-46(42)28-23(27(39)35(28)24(17)29(40)41)33-26(38)22(20-14-45-30(32-20)31-16-36)34-43-13-21(37)44-25(18-9-5-3-6-10-18)19-11-7-4-8-12-19/h1,3-12,14,16,23,25,28H,13,15H2,(H,33,38)(H,40,41)(H,31,32,36)/b34-22+/t23?,28-,46?/m1/s1. The number of amides is 3. The molecular weight excluding hydrogens is 638 g/mol. The number of anilines is 1. The highest BCUT2D eigenvalue weighted by Gasteiger charge is 2.61. The zero-order chi connectivity index (χ0) is 32.8. The van der Waals surface area contributed by atoms with E-state index >= 15 is 0 Å². The van der Waals surface area contributed by atoms with Crippen LogP contribution in [0.15, 0.2) is 82.5 Å². The van der Waals surface area contributed by atoms with Gasteiger partial charge in [0.25, 0.3) is 11.8 Å². The lowest BCUT2D eigenvalue weighted by Gasteiger charge is -2.48. The first kappa shape index (κ1) is 31.9. The third kappa shape index (κ3) is 6.61. The number of β-lactam (4-membered cyclic amide) rings is 1. The van der Waals surface area contributed by atoms with Gasteiger partial charge in [-0.05, 0) is 22.3 Å². The molecule has 2 aliphatic heterocycles. The van der Waals surface area contributed by atoms with Gasteiger partial charge in [0.2, 0.25) is 18.4 Å². The number of benzene rings is 2. The van der Waals surface area contributed by atoms with Gasteiger partial charge >= 0.3 is 11.9 Å². The number of rotatable bonds is 12. The summed E-state index contributed by atoms with van der Waals surface area (Å²) in [6, 6.07) is 16.6. The Hall–Kier alpha value is -5.50. The zero-order valence-electron chi connectivity index (χ0n) is 23.5. The lowest BCUT2D eigenvalue weighted by molar-refractivity contribution is -0.153. The summed E-state index contributed by atoms with van der Waals surface area (Å²) in [5, 5.41) is 18.4. The number of hydrogen-bond acceptors (Lipinski definition) is 11. The topological polar surface area (TPSA) is 200 Å². The quantitative estimate of drug-likeness (QED) is 0.0481. The maximum atomic E-state index is 13.4. The van der Waals surface area contributed by atoms with E-state index in [-0.39, 0.29) is 22.2 Å². The number of aromatic nitrogens is 1. The van der Waals surface area contributed by atoms with Crippen molar-refractivity contribution in [3.8, 4) is 12.3 Å². The Morgan fingerprint density at radius 2 is 1.85 bits per heavy atom. The fourth-order valence-corrected chi connectivity index (χ4v) is 6.96.